The fourth-order valence-electron chi connectivity index (χ4n) is 2.83. The Morgan fingerprint density at radius 3 is 2.76 bits per heavy atom. The van der Waals surface area contributed by atoms with Crippen molar-refractivity contribution in [3.05, 3.63) is 29.3 Å². The van der Waals surface area contributed by atoms with Crippen LogP contribution in [0.25, 0.3) is 11.4 Å². The predicted octanol–water partition coefficient (Wildman–Crippen LogP) is 2.21. The van der Waals surface area contributed by atoms with Crippen molar-refractivity contribution in [3.63, 3.8) is 0 Å². The maximum atomic E-state index is 11.5. The Kier molecular flexibility index (Phi) is 3.23. The van der Waals surface area contributed by atoms with Crippen LogP contribution in [0.4, 0.5) is 0 Å². The summed E-state index contributed by atoms with van der Waals surface area (Å²) in [6, 6.07) is 5.98. The highest BCUT2D eigenvalue weighted by molar-refractivity contribution is 5.75. The van der Waals surface area contributed by atoms with Gasteiger partial charge in [-0.05, 0) is 48.2 Å². The summed E-state index contributed by atoms with van der Waals surface area (Å²) in [6.07, 6.45) is 2.33. The fraction of sp³-hybridized carbons (Fsp3) is 0.467. The molecular weight excluding hydrogens is 268 g/mol. The summed E-state index contributed by atoms with van der Waals surface area (Å²) in [5.41, 5.74) is 2.53. The molecule has 1 aromatic heterocycles. The second kappa shape index (κ2) is 4.95. The normalized spacial score (nSPS) is 16.5. The van der Waals surface area contributed by atoms with Gasteiger partial charge in [-0.3, -0.25) is 4.79 Å². The van der Waals surface area contributed by atoms with Crippen molar-refractivity contribution in [3.8, 4) is 11.4 Å². The lowest BCUT2D eigenvalue weighted by molar-refractivity contribution is -0.156. The van der Waals surface area contributed by atoms with Crippen LogP contribution < -0.4 is 0 Å². The van der Waals surface area contributed by atoms with Crippen LogP contribution >= 0.6 is 0 Å². The number of benzene rings is 1. The molecule has 21 heavy (non-hydrogen) atoms. The minimum Gasteiger partial charge on any atom is -0.481 e. The van der Waals surface area contributed by atoms with Gasteiger partial charge < -0.3 is 5.11 Å². The molecule has 110 valence electrons. The molecule has 6 heteroatoms. The molecule has 3 rings (SSSR count). The molecule has 2 aromatic rings. The molecule has 0 bridgehead atoms. The predicted molar refractivity (Wildman–Crippen MR) is 76.6 cm³/mol. The van der Waals surface area contributed by atoms with Crippen LogP contribution in [0.5, 0.6) is 0 Å². The van der Waals surface area contributed by atoms with Gasteiger partial charge in [-0.15, -0.1) is 5.10 Å². The third kappa shape index (κ3) is 2.20. The molecule has 0 saturated heterocycles. The molecule has 0 spiro atoms. The summed E-state index contributed by atoms with van der Waals surface area (Å²) < 4.78 is 1.63. The minimum absolute atomic E-state index is 0.331. The van der Waals surface area contributed by atoms with E-state index in [1.54, 1.807) is 4.68 Å². The number of hydrogen-bond acceptors (Lipinski definition) is 4. The Hall–Kier alpha value is -2.24. The zero-order chi connectivity index (χ0) is 15.0. The van der Waals surface area contributed by atoms with E-state index in [-0.39, 0.29) is 0 Å². The van der Waals surface area contributed by atoms with Gasteiger partial charge in [0.25, 0.3) is 0 Å². The van der Waals surface area contributed by atoms with Gasteiger partial charge in [0.05, 0.1) is 12.0 Å². The molecular formula is C15H18N4O2. The Balaban J connectivity index is 1.98. The summed E-state index contributed by atoms with van der Waals surface area (Å²) in [6.45, 7) is 4.40. The Bertz CT molecular complexity index is 689. The van der Waals surface area contributed by atoms with Crippen molar-refractivity contribution < 1.29 is 9.90 Å². The van der Waals surface area contributed by atoms with E-state index in [1.807, 2.05) is 32.0 Å². The molecule has 1 aliphatic carbocycles. The number of carboxylic acids is 1. The topological polar surface area (TPSA) is 80.9 Å². The lowest BCUT2D eigenvalue weighted by Crippen LogP contribution is -2.42. The monoisotopic (exact) mass is 286 g/mol. The number of carboxylic acid groups (broad SMARTS) is 1. The maximum absolute atomic E-state index is 11.5. The van der Waals surface area contributed by atoms with Crippen molar-refractivity contribution in [2.75, 3.05) is 0 Å². The van der Waals surface area contributed by atoms with E-state index in [9.17, 15) is 9.90 Å². The maximum Gasteiger partial charge on any atom is 0.311 e. The number of carbonyl (C=O) groups is 1. The van der Waals surface area contributed by atoms with E-state index >= 15 is 0 Å². The second-order valence-electron chi connectivity index (χ2n) is 5.85. The number of tetrazole rings is 1. The molecule has 1 N–H and O–H groups in total. The number of nitrogens with zero attached hydrogens (tertiary/aromatic N) is 4. The summed E-state index contributed by atoms with van der Waals surface area (Å²) in [5.74, 6) is -0.111. The van der Waals surface area contributed by atoms with Crippen LogP contribution in [0.15, 0.2) is 18.2 Å². The summed E-state index contributed by atoms with van der Waals surface area (Å²) in [4.78, 5) is 11.5. The molecule has 1 fully saturated rings. The zero-order valence-corrected chi connectivity index (χ0v) is 12.2. The van der Waals surface area contributed by atoms with Crippen molar-refractivity contribution in [2.24, 2.45) is 5.41 Å². The van der Waals surface area contributed by atoms with Crippen LogP contribution in [0.2, 0.25) is 0 Å². The number of aromatic nitrogens is 4. The average molecular weight is 286 g/mol. The zero-order valence-electron chi connectivity index (χ0n) is 12.2. The van der Waals surface area contributed by atoms with Gasteiger partial charge in [0.15, 0.2) is 5.82 Å². The van der Waals surface area contributed by atoms with Crippen molar-refractivity contribution in [1.29, 1.82) is 0 Å². The molecule has 1 aliphatic rings. The van der Waals surface area contributed by atoms with Gasteiger partial charge in [-0.25, -0.2) is 4.68 Å². The van der Waals surface area contributed by atoms with E-state index < -0.39 is 11.4 Å². The van der Waals surface area contributed by atoms with E-state index in [0.29, 0.717) is 25.2 Å². The van der Waals surface area contributed by atoms with E-state index in [4.69, 9.17) is 0 Å². The first kappa shape index (κ1) is 13.7. The highest BCUT2D eigenvalue weighted by atomic mass is 16.4. The Morgan fingerprint density at radius 1 is 1.38 bits per heavy atom. The van der Waals surface area contributed by atoms with Crippen molar-refractivity contribution in [1.82, 2.24) is 20.2 Å². The van der Waals surface area contributed by atoms with Gasteiger partial charge >= 0.3 is 5.97 Å². The first-order valence-corrected chi connectivity index (χ1v) is 7.10. The quantitative estimate of drug-likeness (QED) is 0.932. The van der Waals surface area contributed by atoms with Crippen molar-refractivity contribution >= 4 is 5.97 Å². The Labute approximate surface area is 122 Å². The third-order valence-corrected chi connectivity index (χ3v) is 4.59. The minimum atomic E-state index is -0.754. The summed E-state index contributed by atoms with van der Waals surface area (Å²) in [7, 11) is 0. The first-order valence-electron chi connectivity index (χ1n) is 7.10. The van der Waals surface area contributed by atoms with Crippen LogP contribution in [0, 0.1) is 19.3 Å². The molecule has 0 atom stereocenters. The molecule has 0 radical (unpaired) electrons. The molecule has 0 unspecified atom stereocenters. The van der Waals surface area contributed by atoms with Crippen LogP contribution in [-0.2, 0) is 11.3 Å². The van der Waals surface area contributed by atoms with Crippen molar-refractivity contribution in [2.45, 2.75) is 39.7 Å². The third-order valence-electron chi connectivity index (χ3n) is 4.59. The lowest BCUT2D eigenvalue weighted by atomic mass is 9.69. The van der Waals surface area contributed by atoms with Gasteiger partial charge in [-0.1, -0.05) is 24.6 Å². The van der Waals surface area contributed by atoms with Gasteiger partial charge in [0, 0.05) is 5.56 Å². The molecule has 0 aliphatic heterocycles. The van der Waals surface area contributed by atoms with Gasteiger partial charge in [0.2, 0.25) is 0 Å². The Morgan fingerprint density at radius 2 is 2.14 bits per heavy atom. The highest BCUT2D eigenvalue weighted by Gasteiger charge is 2.45. The molecule has 6 nitrogen and oxygen atoms in total. The van der Waals surface area contributed by atoms with E-state index in [2.05, 4.69) is 15.5 Å². The highest BCUT2D eigenvalue weighted by Crippen LogP contribution is 2.43. The first-order chi connectivity index (χ1) is 10.0. The van der Waals surface area contributed by atoms with Crippen LogP contribution in [0.1, 0.15) is 30.4 Å². The fourth-order valence-corrected chi connectivity index (χ4v) is 2.83. The molecule has 0 amide bonds. The molecule has 1 saturated carbocycles. The number of rotatable bonds is 4. The average Bonchev–Trinajstić information content (AvgIpc) is 2.84. The number of hydrogen-bond donors (Lipinski definition) is 1. The van der Waals surface area contributed by atoms with Gasteiger partial charge in [0.1, 0.15) is 0 Å². The van der Waals surface area contributed by atoms with E-state index in [0.717, 1.165) is 17.5 Å². The molecule has 1 heterocycles. The number of aliphatic carboxylic acids is 1. The van der Waals surface area contributed by atoms with Gasteiger partial charge in [-0.2, -0.15) is 0 Å². The molecule has 1 aromatic carbocycles. The van der Waals surface area contributed by atoms with Crippen LogP contribution in [0.3, 0.4) is 0 Å². The summed E-state index contributed by atoms with van der Waals surface area (Å²) >= 11 is 0. The van der Waals surface area contributed by atoms with E-state index in [1.165, 1.54) is 5.56 Å². The SMILES string of the molecule is Cc1cccc(-c2nnnn2CC2(C(=O)O)CCC2)c1C. The summed E-state index contributed by atoms with van der Waals surface area (Å²) in [5, 5.41) is 21.3. The largest absolute Gasteiger partial charge is 0.481 e. The second-order valence-corrected chi connectivity index (χ2v) is 5.85. The lowest BCUT2D eigenvalue weighted by Gasteiger charge is -2.37. The standard InChI is InChI=1S/C15H18N4O2/c1-10-5-3-6-12(11(10)2)13-16-17-18-19(13)9-15(14(20)21)7-4-8-15/h3,5-6H,4,7-9H2,1-2H3,(H,20,21). The number of aryl methyl sites for hydroxylation is 1. The smallest absolute Gasteiger partial charge is 0.311 e. The van der Waals surface area contributed by atoms with Crippen LogP contribution in [-0.4, -0.2) is 31.3 Å².